The van der Waals surface area contributed by atoms with E-state index in [1.165, 1.54) is 4.88 Å². The van der Waals surface area contributed by atoms with E-state index in [4.69, 9.17) is 11.6 Å². The van der Waals surface area contributed by atoms with Crippen LogP contribution < -0.4 is 0 Å². The summed E-state index contributed by atoms with van der Waals surface area (Å²) in [6, 6.07) is 9.93. The molecule has 0 saturated carbocycles. The molecule has 1 aromatic carbocycles. The minimum absolute atomic E-state index is 0.153. The van der Waals surface area contributed by atoms with E-state index in [1.54, 1.807) is 11.3 Å². The quantitative estimate of drug-likeness (QED) is 0.603. The van der Waals surface area contributed by atoms with Crippen LogP contribution in [0.15, 0.2) is 40.2 Å². The van der Waals surface area contributed by atoms with Crippen LogP contribution in [0, 0.1) is 0 Å². The van der Waals surface area contributed by atoms with Gasteiger partial charge in [0.25, 0.3) is 0 Å². The van der Waals surface area contributed by atoms with Crippen molar-refractivity contribution in [3.05, 3.63) is 55.6 Å². The largest absolute Gasteiger partial charge is 0.146 e. The molecule has 0 saturated heterocycles. The van der Waals surface area contributed by atoms with Gasteiger partial charge in [0.15, 0.2) is 0 Å². The smallest absolute Gasteiger partial charge is 0.0763 e. The normalized spacial score (nSPS) is 12.7. The van der Waals surface area contributed by atoms with Crippen LogP contribution >= 0.6 is 54.8 Å². The predicted molar refractivity (Wildman–Crippen MR) is 74.2 cm³/mol. The molecule has 4 heteroatoms. The van der Waals surface area contributed by atoms with Crippen LogP contribution in [0.4, 0.5) is 0 Å². The molecule has 0 spiro atoms. The molecule has 1 heterocycles. The predicted octanol–water partition coefficient (Wildman–Crippen LogP) is 5.65. The zero-order valence-corrected chi connectivity index (χ0v) is 12.3. The number of hydrogen-bond donors (Lipinski definition) is 0. The summed E-state index contributed by atoms with van der Waals surface area (Å²) < 4.78 is 1.12. The Morgan fingerprint density at radius 1 is 1.20 bits per heavy atom. The van der Waals surface area contributed by atoms with Gasteiger partial charge in [-0.05, 0) is 39.0 Å². The van der Waals surface area contributed by atoms with E-state index in [9.17, 15) is 0 Å². The molecule has 2 rings (SSSR count). The van der Waals surface area contributed by atoms with Crippen molar-refractivity contribution in [2.45, 2.75) is 4.83 Å². The second kappa shape index (κ2) is 5.00. The lowest BCUT2D eigenvalue weighted by Crippen LogP contribution is -1.91. The fraction of sp³-hybridized carbons (Fsp3) is 0.0909. The van der Waals surface area contributed by atoms with Gasteiger partial charge in [-0.25, -0.2) is 0 Å². The number of alkyl halides is 1. The maximum atomic E-state index is 6.15. The van der Waals surface area contributed by atoms with Gasteiger partial charge in [-0.1, -0.05) is 45.7 Å². The average Bonchev–Trinajstić information content (AvgIpc) is 2.64. The topological polar surface area (TPSA) is 0 Å². The number of benzene rings is 1. The second-order valence-electron chi connectivity index (χ2n) is 3.02. The monoisotopic (exact) mass is 364 g/mol. The van der Waals surface area contributed by atoms with Crippen LogP contribution in [0.25, 0.3) is 0 Å². The third-order valence-electron chi connectivity index (χ3n) is 2.05. The molecule has 0 aliphatic carbocycles. The van der Waals surface area contributed by atoms with Gasteiger partial charge in [-0.3, -0.25) is 0 Å². The summed E-state index contributed by atoms with van der Waals surface area (Å²) in [6.45, 7) is 0. The molecule has 1 atom stereocenters. The lowest BCUT2D eigenvalue weighted by Gasteiger charge is -2.10. The first kappa shape index (κ1) is 11.6. The van der Waals surface area contributed by atoms with E-state index >= 15 is 0 Å². The molecular formula is C11H7Br2ClS. The number of hydrogen-bond acceptors (Lipinski definition) is 1. The molecule has 1 unspecified atom stereocenters. The van der Waals surface area contributed by atoms with Gasteiger partial charge in [0.05, 0.1) is 4.83 Å². The van der Waals surface area contributed by atoms with Gasteiger partial charge in [0.1, 0.15) is 0 Å². The molecule has 0 aliphatic rings. The van der Waals surface area contributed by atoms with E-state index < -0.39 is 0 Å². The molecule has 0 aliphatic heterocycles. The van der Waals surface area contributed by atoms with Crippen LogP contribution in [0.3, 0.4) is 0 Å². The van der Waals surface area contributed by atoms with Crippen LogP contribution in [0.2, 0.25) is 5.02 Å². The van der Waals surface area contributed by atoms with Gasteiger partial charge in [-0.15, -0.1) is 11.3 Å². The van der Waals surface area contributed by atoms with Gasteiger partial charge >= 0.3 is 0 Å². The van der Waals surface area contributed by atoms with Crippen LogP contribution in [0.1, 0.15) is 15.3 Å². The zero-order valence-electron chi connectivity index (χ0n) is 7.58. The number of halogens is 3. The molecule has 0 bridgehead atoms. The minimum Gasteiger partial charge on any atom is -0.146 e. The highest BCUT2D eigenvalue weighted by Gasteiger charge is 2.16. The van der Waals surface area contributed by atoms with Crippen molar-refractivity contribution in [1.82, 2.24) is 0 Å². The van der Waals surface area contributed by atoms with Gasteiger partial charge in [-0.2, -0.15) is 0 Å². The fourth-order valence-corrected chi connectivity index (χ4v) is 4.56. The summed E-state index contributed by atoms with van der Waals surface area (Å²) in [5.74, 6) is 0. The van der Waals surface area contributed by atoms with E-state index in [2.05, 4.69) is 37.2 Å². The number of thiophene rings is 1. The Bertz CT molecular complexity index is 467. The van der Waals surface area contributed by atoms with Crippen LogP contribution in [-0.4, -0.2) is 0 Å². The molecular weight excluding hydrogens is 359 g/mol. The third-order valence-corrected chi connectivity index (χ3v) is 5.59. The van der Waals surface area contributed by atoms with Crippen molar-refractivity contribution in [3.63, 3.8) is 0 Å². The van der Waals surface area contributed by atoms with Gasteiger partial charge < -0.3 is 0 Å². The lowest BCUT2D eigenvalue weighted by molar-refractivity contribution is 1.21. The molecule has 0 amide bonds. The highest BCUT2D eigenvalue weighted by Crippen LogP contribution is 2.41. The summed E-state index contributed by atoms with van der Waals surface area (Å²) in [5.41, 5.74) is 1.10. The molecule has 0 radical (unpaired) electrons. The Morgan fingerprint density at radius 2 is 1.93 bits per heavy atom. The molecule has 0 fully saturated rings. The first-order chi connectivity index (χ1) is 7.20. The first-order valence-electron chi connectivity index (χ1n) is 4.31. The van der Waals surface area contributed by atoms with E-state index in [1.807, 2.05) is 30.3 Å². The maximum Gasteiger partial charge on any atom is 0.0763 e. The molecule has 1 aromatic heterocycles. The van der Waals surface area contributed by atoms with E-state index in [0.29, 0.717) is 0 Å². The van der Waals surface area contributed by atoms with Gasteiger partial charge in [0.2, 0.25) is 0 Å². The Balaban J connectivity index is 2.41. The first-order valence-corrected chi connectivity index (χ1v) is 7.28. The van der Waals surface area contributed by atoms with Crippen molar-refractivity contribution < 1.29 is 0 Å². The molecule has 15 heavy (non-hydrogen) atoms. The molecule has 78 valence electrons. The minimum atomic E-state index is 0.153. The van der Waals surface area contributed by atoms with Crippen molar-refractivity contribution in [3.8, 4) is 0 Å². The zero-order chi connectivity index (χ0) is 10.8. The Labute approximate surface area is 115 Å². The molecule has 2 aromatic rings. The van der Waals surface area contributed by atoms with Crippen molar-refractivity contribution >= 4 is 54.8 Å². The fourth-order valence-electron chi connectivity index (χ4n) is 1.31. The lowest BCUT2D eigenvalue weighted by atomic mass is 10.1. The number of rotatable bonds is 2. The summed E-state index contributed by atoms with van der Waals surface area (Å²) in [7, 11) is 0. The van der Waals surface area contributed by atoms with Gasteiger partial charge in [0, 0.05) is 14.4 Å². The van der Waals surface area contributed by atoms with E-state index in [-0.39, 0.29) is 4.83 Å². The standard InChI is InChI=1S/C11H7Br2ClS/c12-8-5-6-15-11(8)10(13)7-3-1-2-4-9(7)14/h1-6,10H. The Kier molecular flexibility index (Phi) is 3.88. The van der Waals surface area contributed by atoms with E-state index in [0.717, 1.165) is 15.1 Å². The third kappa shape index (κ3) is 2.47. The van der Waals surface area contributed by atoms with Crippen LogP contribution in [0.5, 0.6) is 0 Å². The second-order valence-corrected chi connectivity index (χ2v) is 6.14. The summed E-state index contributed by atoms with van der Waals surface area (Å²) in [6.07, 6.45) is 0. The van der Waals surface area contributed by atoms with Crippen LogP contribution in [-0.2, 0) is 0 Å². The van der Waals surface area contributed by atoms with Crippen molar-refractivity contribution in [1.29, 1.82) is 0 Å². The van der Waals surface area contributed by atoms with Crippen molar-refractivity contribution in [2.75, 3.05) is 0 Å². The summed E-state index contributed by atoms with van der Waals surface area (Å²) >= 11 is 15.1. The Hall–Kier alpha value is 0.170. The average molecular weight is 367 g/mol. The SMILES string of the molecule is Clc1ccccc1C(Br)c1sccc1Br. The maximum absolute atomic E-state index is 6.15. The Morgan fingerprint density at radius 3 is 2.53 bits per heavy atom. The summed E-state index contributed by atoms with van der Waals surface area (Å²) in [4.78, 5) is 1.39. The molecule has 0 N–H and O–H groups in total. The van der Waals surface area contributed by atoms with Crippen molar-refractivity contribution in [2.24, 2.45) is 0 Å². The highest BCUT2D eigenvalue weighted by atomic mass is 79.9. The molecule has 0 nitrogen and oxygen atoms in total. The highest BCUT2D eigenvalue weighted by molar-refractivity contribution is 9.11. The summed E-state index contributed by atoms with van der Waals surface area (Å²) in [5, 5.41) is 2.85.